The van der Waals surface area contributed by atoms with Crippen LogP contribution in [-0.4, -0.2) is 46.6 Å². The zero-order valence-electron chi connectivity index (χ0n) is 13.7. The van der Waals surface area contributed by atoms with Crippen LogP contribution in [0.5, 0.6) is 5.88 Å². The maximum Gasteiger partial charge on any atom is 0.417 e. The fourth-order valence-electron chi connectivity index (χ4n) is 2.84. The lowest BCUT2D eigenvalue weighted by molar-refractivity contribution is -0.137. The van der Waals surface area contributed by atoms with Gasteiger partial charge >= 0.3 is 6.18 Å². The van der Waals surface area contributed by atoms with Gasteiger partial charge in [0.15, 0.2) is 0 Å². The Balaban J connectivity index is 2.02. The molecule has 1 aromatic rings. The molecule has 24 heavy (non-hydrogen) atoms. The molecule has 1 fully saturated rings. The summed E-state index contributed by atoms with van der Waals surface area (Å²) >= 11 is 0. The van der Waals surface area contributed by atoms with Crippen molar-refractivity contribution in [2.75, 3.05) is 13.2 Å². The molecule has 1 heterocycles. The highest BCUT2D eigenvalue weighted by atomic mass is 19.4. The molecular formula is C16H23F3N2O3. The number of aromatic nitrogens is 1. The topological polar surface area (TPSA) is 74.6 Å². The van der Waals surface area contributed by atoms with Gasteiger partial charge in [0.2, 0.25) is 5.88 Å². The van der Waals surface area contributed by atoms with Crippen LogP contribution in [0.3, 0.4) is 0 Å². The van der Waals surface area contributed by atoms with E-state index in [1.54, 1.807) is 0 Å². The van der Waals surface area contributed by atoms with Crippen molar-refractivity contribution in [3.8, 4) is 5.88 Å². The molecule has 2 rings (SSSR count). The zero-order valence-corrected chi connectivity index (χ0v) is 13.7. The van der Waals surface area contributed by atoms with Gasteiger partial charge in [0.1, 0.15) is 0 Å². The van der Waals surface area contributed by atoms with Crippen LogP contribution in [0.4, 0.5) is 13.2 Å². The van der Waals surface area contributed by atoms with E-state index in [-0.39, 0.29) is 18.5 Å². The molecule has 0 bridgehead atoms. The maximum atomic E-state index is 12.5. The molecule has 0 spiro atoms. The SMILES string of the molecule is CC(C)NCC1(COc2ccc(C(F)(F)F)cn2)C[C@@H](O)[C@@H](O)C1. The van der Waals surface area contributed by atoms with Crippen molar-refractivity contribution in [2.45, 2.75) is 51.1 Å². The summed E-state index contributed by atoms with van der Waals surface area (Å²) in [6.07, 6.45) is -4.66. The van der Waals surface area contributed by atoms with E-state index in [0.29, 0.717) is 19.4 Å². The van der Waals surface area contributed by atoms with Crippen molar-refractivity contribution in [1.82, 2.24) is 10.3 Å². The predicted molar refractivity (Wildman–Crippen MR) is 81.6 cm³/mol. The summed E-state index contributed by atoms with van der Waals surface area (Å²) in [5.41, 5.74) is -1.33. The van der Waals surface area contributed by atoms with Crippen LogP contribution < -0.4 is 10.1 Å². The first kappa shape index (κ1) is 19.0. The molecule has 5 nitrogen and oxygen atoms in total. The van der Waals surface area contributed by atoms with Crippen LogP contribution in [0.15, 0.2) is 18.3 Å². The minimum Gasteiger partial charge on any atom is -0.477 e. The molecule has 1 saturated carbocycles. The number of alkyl halides is 3. The third kappa shape index (κ3) is 4.81. The maximum absolute atomic E-state index is 12.5. The second kappa shape index (κ2) is 7.25. The summed E-state index contributed by atoms with van der Waals surface area (Å²) in [5, 5.41) is 23.0. The Morgan fingerprint density at radius 3 is 2.38 bits per heavy atom. The summed E-state index contributed by atoms with van der Waals surface area (Å²) in [6, 6.07) is 2.31. The average Bonchev–Trinajstić information content (AvgIpc) is 2.78. The van der Waals surface area contributed by atoms with E-state index >= 15 is 0 Å². The van der Waals surface area contributed by atoms with Gasteiger partial charge < -0.3 is 20.3 Å². The second-order valence-corrected chi connectivity index (χ2v) is 6.75. The number of nitrogens with zero attached hydrogens (tertiary/aromatic N) is 1. The Labute approximate surface area is 138 Å². The molecule has 8 heteroatoms. The van der Waals surface area contributed by atoms with Crippen LogP contribution in [0.1, 0.15) is 32.3 Å². The number of hydrogen-bond acceptors (Lipinski definition) is 5. The van der Waals surface area contributed by atoms with E-state index in [9.17, 15) is 23.4 Å². The minimum atomic E-state index is -4.44. The smallest absolute Gasteiger partial charge is 0.417 e. The summed E-state index contributed by atoms with van der Waals surface area (Å²) < 4.78 is 43.1. The quantitative estimate of drug-likeness (QED) is 0.733. The Morgan fingerprint density at radius 2 is 1.92 bits per heavy atom. The van der Waals surface area contributed by atoms with E-state index in [0.717, 1.165) is 12.3 Å². The van der Waals surface area contributed by atoms with Crippen molar-refractivity contribution in [3.63, 3.8) is 0 Å². The van der Waals surface area contributed by atoms with Crippen molar-refractivity contribution < 1.29 is 28.1 Å². The van der Waals surface area contributed by atoms with Crippen LogP contribution >= 0.6 is 0 Å². The number of aliphatic hydroxyl groups is 2. The summed E-state index contributed by atoms with van der Waals surface area (Å²) in [5.74, 6) is 0.0859. The molecule has 0 saturated heterocycles. The summed E-state index contributed by atoms with van der Waals surface area (Å²) in [6.45, 7) is 4.64. The highest BCUT2D eigenvalue weighted by Gasteiger charge is 2.44. The highest BCUT2D eigenvalue weighted by molar-refractivity contribution is 5.20. The van der Waals surface area contributed by atoms with Gasteiger partial charge in [-0.1, -0.05) is 13.8 Å². The molecule has 0 aliphatic heterocycles. The number of rotatable bonds is 6. The van der Waals surface area contributed by atoms with Gasteiger partial charge in [-0.25, -0.2) is 4.98 Å². The van der Waals surface area contributed by atoms with Gasteiger partial charge in [-0.3, -0.25) is 0 Å². The molecule has 1 aliphatic carbocycles. The second-order valence-electron chi connectivity index (χ2n) is 6.75. The van der Waals surface area contributed by atoms with E-state index in [2.05, 4.69) is 10.3 Å². The summed E-state index contributed by atoms with van der Waals surface area (Å²) in [4.78, 5) is 3.68. The van der Waals surface area contributed by atoms with Gasteiger partial charge in [0.05, 0.1) is 24.4 Å². The number of halogens is 3. The molecule has 1 aromatic heterocycles. The molecule has 3 atom stereocenters. The first-order valence-corrected chi connectivity index (χ1v) is 7.87. The average molecular weight is 348 g/mol. The van der Waals surface area contributed by atoms with Gasteiger partial charge in [-0.05, 0) is 18.9 Å². The Bertz CT molecular complexity index is 524. The van der Waals surface area contributed by atoms with Crippen LogP contribution in [0.2, 0.25) is 0 Å². The molecule has 3 N–H and O–H groups in total. The molecule has 1 unspecified atom stereocenters. The number of pyridine rings is 1. The third-order valence-corrected chi connectivity index (χ3v) is 4.20. The first-order chi connectivity index (χ1) is 11.1. The van der Waals surface area contributed by atoms with Crippen molar-refractivity contribution >= 4 is 0 Å². The van der Waals surface area contributed by atoms with Gasteiger partial charge in [0.25, 0.3) is 0 Å². The monoisotopic (exact) mass is 348 g/mol. The lowest BCUT2D eigenvalue weighted by Crippen LogP contribution is -2.40. The van der Waals surface area contributed by atoms with Gasteiger partial charge in [-0.15, -0.1) is 0 Å². The zero-order chi connectivity index (χ0) is 18.0. The van der Waals surface area contributed by atoms with Gasteiger partial charge in [-0.2, -0.15) is 13.2 Å². The first-order valence-electron chi connectivity index (χ1n) is 7.87. The standard InChI is InChI=1S/C16H23F3N2O3/c1-10(2)21-8-15(5-12(22)13(23)6-15)9-24-14-4-3-11(7-20-14)16(17,18)19/h3-4,7,10,12-13,21-23H,5-6,8-9H2,1-2H3/t12-,13+,15?. The third-order valence-electron chi connectivity index (χ3n) is 4.20. The normalized spacial score (nSPS) is 27.7. The number of ether oxygens (including phenoxy) is 1. The predicted octanol–water partition coefficient (Wildman–Crippen LogP) is 1.98. The molecule has 136 valence electrons. The number of hydrogen-bond donors (Lipinski definition) is 3. The number of aliphatic hydroxyl groups excluding tert-OH is 2. The molecule has 1 aliphatic rings. The van der Waals surface area contributed by atoms with Crippen molar-refractivity contribution in [3.05, 3.63) is 23.9 Å². The minimum absolute atomic E-state index is 0.0859. The van der Waals surface area contributed by atoms with E-state index in [1.165, 1.54) is 6.07 Å². The molecule has 0 aromatic carbocycles. The van der Waals surface area contributed by atoms with Gasteiger partial charge in [0, 0.05) is 30.3 Å². The Kier molecular flexibility index (Phi) is 5.72. The highest BCUT2D eigenvalue weighted by Crippen LogP contribution is 2.39. The fraction of sp³-hybridized carbons (Fsp3) is 0.688. The largest absolute Gasteiger partial charge is 0.477 e. The summed E-state index contributed by atoms with van der Waals surface area (Å²) in [7, 11) is 0. The molecule has 0 radical (unpaired) electrons. The van der Waals surface area contributed by atoms with Crippen LogP contribution in [0, 0.1) is 5.41 Å². The van der Waals surface area contributed by atoms with E-state index < -0.39 is 29.4 Å². The fourth-order valence-corrected chi connectivity index (χ4v) is 2.84. The Morgan fingerprint density at radius 1 is 1.29 bits per heavy atom. The lowest BCUT2D eigenvalue weighted by Gasteiger charge is -2.30. The van der Waals surface area contributed by atoms with Crippen LogP contribution in [0.25, 0.3) is 0 Å². The van der Waals surface area contributed by atoms with Crippen LogP contribution in [-0.2, 0) is 6.18 Å². The number of nitrogens with one attached hydrogen (secondary N) is 1. The lowest BCUT2D eigenvalue weighted by atomic mass is 9.86. The molecular weight excluding hydrogens is 325 g/mol. The Hall–Kier alpha value is -1.38. The van der Waals surface area contributed by atoms with E-state index in [1.807, 2.05) is 13.8 Å². The van der Waals surface area contributed by atoms with Crippen molar-refractivity contribution in [1.29, 1.82) is 0 Å². The molecule has 0 amide bonds. The van der Waals surface area contributed by atoms with Crippen molar-refractivity contribution in [2.24, 2.45) is 5.41 Å². The van der Waals surface area contributed by atoms with E-state index in [4.69, 9.17) is 4.74 Å².